The van der Waals surface area contributed by atoms with Gasteiger partial charge >= 0.3 is 0 Å². The molecular formula is C10H22N2. The first kappa shape index (κ1) is 10.0. The maximum absolute atomic E-state index is 6.13. The summed E-state index contributed by atoms with van der Waals surface area (Å²) in [7, 11) is 0. The molecule has 2 unspecified atom stereocenters. The molecule has 1 fully saturated rings. The SMILES string of the molecule is CC1CC(C)(N)CCC(C)(N)C1. The lowest BCUT2D eigenvalue weighted by molar-refractivity contribution is 0.348. The molecule has 4 N–H and O–H groups in total. The van der Waals surface area contributed by atoms with Crippen molar-refractivity contribution in [3.05, 3.63) is 0 Å². The lowest BCUT2D eigenvalue weighted by atomic mass is 9.89. The molecule has 12 heavy (non-hydrogen) atoms. The van der Waals surface area contributed by atoms with E-state index in [-0.39, 0.29) is 11.1 Å². The molecule has 72 valence electrons. The number of nitrogens with two attached hydrogens (primary N) is 2. The van der Waals surface area contributed by atoms with Crippen molar-refractivity contribution in [2.24, 2.45) is 17.4 Å². The van der Waals surface area contributed by atoms with Gasteiger partial charge in [0.2, 0.25) is 0 Å². The van der Waals surface area contributed by atoms with E-state index in [0.717, 1.165) is 25.7 Å². The van der Waals surface area contributed by atoms with Crippen molar-refractivity contribution in [3.63, 3.8) is 0 Å². The van der Waals surface area contributed by atoms with E-state index < -0.39 is 0 Å². The van der Waals surface area contributed by atoms with Gasteiger partial charge in [0.25, 0.3) is 0 Å². The molecule has 1 aliphatic rings. The topological polar surface area (TPSA) is 52.0 Å². The van der Waals surface area contributed by atoms with Crippen LogP contribution in [0.3, 0.4) is 0 Å². The molecule has 0 aromatic rings. The second-order valence-electron chi connectivity index (χ2n) is 5.32. The summed E-state index contributed by atoms with van der Waals surface area (Å²) in [5.41, 5.74) is 12.3. The number of hydrogen-bond donors (Lipinski definition) is 2. The fourth-order valence-corrected chi connectivity index (χ4v) is 2.44. The van der Waals surface area contributed by atoms with Crippen LogP contribution in [0, 0.1) is 5.92 Å². The van der Waals surface area contributed by atoms with E-state index in [1.54, 1.807) is 0 Å². The van der Waals surface area contributed by atoms with E-state index >= 15 is 0 Å². The summed E-state index contributed by atoms with van der Waals surface area (Å²) in [5, 5.41) is 0. The van der Waals surface area contributed by atoms with Crippen LogP contribution in [-0.2, 0) is 0 Å². The highest BCUT2D eigenvalue weighted by Crippen LogP contribution is 2.33. The molecule has 0 radical (unpaired) electrons. The maximum atomic E-state index is 6.13. The lowest BCUT2D eigenvalue weighted by Crippen LogP contribution is -2.38. The Morgan fingerprint density at radius 3 is 1.67 bits per heavy atom. The average Bonchev–Trinajstić information content (AvgIpc) is 1.87. The summed E-state index contributed by atoms with van der Waals surface area (Å²) in [4.78, 5) is 0. The van der Waals surface area contributed by atoms with Crippen molar-refractivity contribution < 1.29 is 0 Å². The quantitative estimate of drug-likeness (QED) is 0.543. The van der Waals surface area contributed by atoms with Crippen LogP contribution in [0.4, 0.5) is 0 Å². The molecule has 2 nitrogen and oxygen atoms in total. The van der Waals surface area contributed by atoms with Crippen molar-refractivity contribution in [2.45, 2.75) is 57.5 Å². The first-order valence-corrected chi connectivity index (χ1v) is 4.89. The van der Waals surface area contributed by atoms with E-state index in [1.807, 2.05) is 0 Å². The van der Waals surface area contributed by atoms with Crippen molar-refractivity contribution in [1.29, 1.82) is 0 Å². The molecule has 0 aromatic heterocycles. The summed E-state index contributed by atoms with van der Waals surface area (Å²) in [6, 6.07) is 0. The predicted molar refractivity (Wildman–Crippen MR) is 52.8 cm³/mol. The van der Waals surface area contributed by atoms with Crippen LogP contribution in [-0.4, -0.2) is 11.1 Å². The van der Waals surface area contributed by atoms with Crippen LogP contribution in [0.15, 0.2) is 0 Å². The maximum Gasteiger partial charge on any atom is 0.0129 e. The Morgan fingerprint density at radius 1 is 1.00 bits per heavy atom. The smallest absolute Gasteiger partial charge is 0.0129 e. The van der Waals surface area contributed by atoms with Crippen LogP contribution >= 0.6 is 0 Å². The standard InChI is InChI=1S/C10H22N2/c1-8-6-9(2,11)4-5-10(3,12)7-8/h8H,4-7,11-12H2,1-3H3. The minimum Gasteiger partial charge on any atom is -0.325 e. The van der Waals surface area contributed by atoms with Gasteiger partial charge in [0, 0.05) is 11.1 Å². The van der Waals surface area contributed by atoms with Gasteiger partial charge in [0.15, 0.2) is 0 Å². The first-order valence-electron chi connectivity index (χ1n) is 4.89. The summed E-state index contributed by atoms with van der Waals surface area (Å²) in [6.07, 6.45) is 4.34. The molecular weight excluding hydrogens is 148 g/mol. The van der Waals surface area contributed by atoms with Gasteiger partial charge in [0.1, 0.15) is 0 Å². The Hall–Kier alpha value is -0.0800. The predicted octanol–water partition coefficient (Wildman–Crippen LogP) is 1.63. The van der Waals surface area contributed by atoms with Crippen LogP contribution in [0.25, 0.3) is 0 Å². The number of rotatable bonds is 0. The summed E-state index contributed by atoms with van der Waals surface area (Å²) >= 11 is 0. The zero-order valence-electron chi connectivity index (χ0n) is 8.56. The third-order valence-corrected chi connectivity index (χ3v) is 2.90. The zero-order valence-corrected chi connectivity index (χ0v) is 8.56. The van der Waals surface area contributed by atoms with Crippen molar-refractivity contribution in [1.82, 2.24) is 0 Å². The highest BCUT2D eigenvalue weighted by atomic mass is 14.8. The molecule has 0 saturated heterocycles. The van der Waals surface area contributed by atoms with Gasteiger partial charge in [-0.2, -0.15) is 0 Å². The summed E-state index contributed by atoms with van der Waals surface area (Å²) in [5.74, 6) is 0.664. The Kier molecular flexibility index (Phi) is 2.50. The van der Waals surface area contributed by atoms with Crippen LogP contribution in [0.2, 0.25) is 0 Å². The Labute approximate surface area is 75.7 Å². The molecule has 0 aromatic carbocycles. The van der Waals surface area contributed by atoms with Gasteiger partial charge < -0.3 is 11.5 Å². The van der Waals surface area contributed by atoms with Gasteiger partial charge in [0.05, 0.1) is 0 Å². The minimum absolute atomic E-state index is 0.0105. The highest BCUT2D eigenvalue weighted by molar-refractivity contribution is 4.93. The molecule has 0 heterocycles. The Bertz CT molecular complexity index is 143. The molecule has 0 amide bonds. The summed E-state index contributed by atoms with van der Waals surface area (Å²) < 4.78 is 0. The summed E-state index contributed by atoms with van der Waals surface area (Å²) in [6.45, 7) is 6.54. The zero-order chi connectivity index (χ0) is 9.41. The van der Waals surface area contributed by atoms with Gasteiger partial charge in [-0.15, -0.1) is 0 Å². The molecule has 1 saturated carbocycles. The van der Waals surface area contributed by atoms with E-state index in [9.17, 15) is 0 Å². The van der Waals surface area contributed by atoms with Crippen LogP contribution in [0.1, 0.15) is 46.5 Å². The molecule has 0 spiro atoms. The van der Waals surface area contributed by atoms with Gasteiger partial charge in [-0.1, -0.05) is 6.92 Å². The highest BCUT2D eigenvalue weighted by Gasteiger charge is 2.32. The normalized spacial score (nSPS) is 50.2. The Balaban J connectivity index is 2.66. The second-order valence-corrected chi connectivity index (χ2v) is 5.32. The Morgan fingerprint density at radius 2 is 1.33 bits per heavy atom. The van der Waals surface area contributed by atoms with E-state index in [2.05, 4.69) is 20.8 Å². The van der Waals surface area contributed by atoms with E-state index in [4.69, 9.17) is 11.5 Å². The van der Waals surface area contributed by atoms with E-state index in [1.165, 1.54) is 0 Å². The lowest BCUT2D eigenvalue weighted by Gasteiger charge is -2.24. The van der Waals surface area contributed by atoms with Crippen molar-refractivity contribution in [3.8, 4) is 0 Å². The molecule has 1 aliphatic carbocycles. The van der Waals surface area contributed by atoms with Gasteiger partial charge in [-0.05, 0) is 45.4 Å². The third-order valence-electron chi connectivity index (χ3n) is 2.90. The fourth-order valence-electron chi connectivity index (χ4n) is 2.44. The van der Waals surface area contributed by atoms with Gasteiger partial charge in [-0.25, -0.2) is 0 Å². The van der Waals surface area contributed by atoms with Crippen molar-refractivity contribution >= 4 is 0 Å². The molecule has 2 heteroatoms. The molecule has 1 rings (SSSR count). The minimum atomic E-state index is 0.0105. The molecule has 0 bridgehead atoms. The van der Waals surface area contributed by atoms with Crippen LogP contribution < -0.4 is 11.5 Å². The first-order chi connectivity index (χ1) is 5.31. The van der Waals surface area contributed by atoms with Crippen LogP contribution in [0.5, 0.6) is 0 Å². The number of hydrogen-bond acceptors (Lipinski definition) is 2. The fraction of sp³-hybridized carbons (Fsp3) is 1.00. The second kappa shape index (κ2) is 3.00. The molecule has 2 atom stereocenters. The van der Waals surface area contributed by atoms with Gasteiger partial charge in [-0.3, -0.25) is 0 Å². The monoisotopic (exact) mass is 170 g/mol. The van der Waals surface area contributed by atoms with E-state index in [0.29, 0.717) is 5.92 Å². The largest absolute Gasteiger partial charge is 0.325 e. The third kappa shape index (κ3) is 2.76. The molecule has 0 aliphatic heterocycles. The average molecular weight is 170 g/mol. The van der Waals surface area contributed by atoms with Crippen molar-refractivity contribution in [2.75, 3.05) is 0 Å².